The van der Waals surface area contributed by atoms with E-state index in [2.05, 4.69) is 26.1 Å². The van der Waals surface area contributed by atoms with Crippen LogP contribution in [0.2, 0.25) is 0 Å². The molecule has 2 aromatic rings. The Labute approximate surface area is 87.4 Å². The number of benzene rings is 1. The van der Waals surface area contributed by atoms with Crippen LogP contribution in [0.1, 0.15) is 17.7 Å². The fraction of sp³-hybridized carbons (Fsp3) is 0.222. The van der Waals surface area contributed by atoms with Crippen molar-refractivity contribution in [2.45, 2.75) is 13.3 Å². The Morgan fingerprint density at radius 2 is 2.14 bits per heavy atom. The van der Waals surface area contributed by atoms with Crippen molar-refractivity contribution in [3.05, 3.63) is 27.9 Å². The molecule has 0 radical (unpaired) electrons. The summed E-state index contributed by atoms with van der Waals surface area (Å²) < 4.78 is 25.8. The summed E-state index contributed by atoms with van der Waals surface area (Å²) in [5.74, 6) is 0. The molecule has 2 nitrogen and oxygen atoms in total. The van der Waals surface area contributed by atoms with Crippen molar-refractivity contribution in [2.24, 2.45) is 0 Å². The van der Waals surface area contributed by atoms with E-state index in [9.17, 15) is 8.78 Å². The van der Waals surface area contributed by atoms with Gasteiger partial charge in [-0.05, 0) is 34.5 Å². The van der Waals surface area contributed by atoms with Gasteiger partial charge in [0, 0.05) is 9.86 Å². The van der Waals surface area contributed by atoms with Gasteiger partial charge < -0.3 is 0 Å². The molecule has 0 saturated heterocycles. The van der Waals surface area contributed by atoms with Crippen molar-refractivity contribution in [3.63, 3.8) is 0 Å². The minimum absolute atomic E-state index is 0.112. The van der Waals surface area contributed by atoms with Crippen molar-refractivity contribution >= 4 is 26.8 Å². The minimum Gasteiger partial charge on any atom is -0.275 e. The molecule has 0 spiro atoms. The third kappa shape index (κ3) is 1.32. The van der Waals surface area contributed by atoms with E-state index in [0.717, 1.165) is 10.0 Å². The first-order valence-corrected chi connectivity index (χ1v) is 4.81. The van der Waals surface area contributed by atoms with Crippen molar-refractivity contribution in [1.82, 2.24) is 10.2 Å². The Bertz CT molecular complexity index is 479. The molecule has 0 bridgehead atoms. The fourth-order valence-electron chi connectivity index (χ4n) is 1.45. The number of hydrogen-bond acceptors (Lipinski definition) is 1. The number of alkyl halides is 2. The summed E-state index contributed by atoms with van der Waals surface area (Å²) in [4.78, 5) is 0. The van der Waals surface area contributed by atoms with Gasteiger partial charge in [-0.15, -0.1) is 0 Å². The van der Waals surface area contributed by atoms with Crippen LogP contribution >= 0.6 is 15.9 Å². The van der Waals surface area contributed by atoms with Crippen LogP contribution in [0.3, 0.4) is 0 Å². The van der Waals surface area contributed by atoms with E-state index >= 15 is 0 Å². The number of nitrogens with one attached hydrogen (secondary N) is 1. The predicted octanol–water partition coefficient (Wildman–Crippen LogP) is 3.57. The van der Waals surface area contributed by atoms with Crippen LogP contribution in [0.4, 0.5) is 8.78 Å². The minimum atomic E-state index is -2.52. The number of aromatic nitrogens is 2. The van der Waals surface area contributed by atoms with Gasteiger partial charge in [-0.25, -0.2) is 8.78 Å². The van der Waals surface area contributed by atoms with Crippen LogP contribution in [-0.4, -0.2) is 10.2 Å². The normalized spacial score (nSPS) is 11.5. The average Bonchev–Trinajstić information content (AvgIpc) is 2.56. The summed E-state index contributed by atoms with van der Waals surface area (Å²) >= 11 is 3.27. The number of rotatable bonds is 1. The van der Waals surface area contributed by atoms with E-state index in [-0.39, 0.29) is 5.69 Å². The van der Waals surface area contributed by atoms with E-state index in [1.807, 2.05) is 0 Å². The van der Waals surface area contributed by atoms with Crippen LogP contribution in [-0.2, 0) is 0 Å². The van der Waals surface area contributed by atoms with Gasteiger partial charge in [0.15, 0.2) is 0 Å². The van der Waals surface area contributed by atoms with Crippen LogP contribution < -0.4 is 0 Å². The molecule has 0 atom stereocenters. The van der Waals surface area contributed by atoms with Crippen molar-refractivity contribution in [2.75, 3.05) is 0 Å². The molecule has 2 rings (SSSR count). The number of aromatic amines is 1. The van der Waals surface area contributed by atoms with Gasteiger partial charge in [-0.1, -0.05) is 6.07 Å². The van der Waals surface area contributed by atoms with Crippen molar-refractivity contribution < 1.29 is 8.78 Å². The molecule has 14 heavy (non-hydrogen) atoms. The molecule has 0 aliphatic rings. The highest BCUT2D eigenvalue weighted by Crippen LogP contribution is 2.31. The Kier molecular flexibility index (Phi) is 2.26. The molecule has 1 N–H and O–H groups in total. The Morgan fingerprint density at radius 1 is 1.43 bits per heavy atom. The monoisotopic (exact) mass is 260 g/mol. The molecule has 1 aromatic carbocycles. The zero-order chi connectivity index (χ0) is 10.3. The standard InChI is InChI=1S/C9H7BrF2N2/c1-4-2-3-5(10)7-6(4)8(9(11)12)14-13-7/h2-3,9H,1H3,(H,13,14). The second kappa shape index (κ2) is 3.31. The molecule has 1 aromatic heterocycles. The summed E-state index contributed by atoms with van der Waals surface area (Å²) in [6, 6.07) is 3.58. The van der Waals surface area contributed by atoms with E-state index in [4.69, 9.17) is 0 Å². The lowest BCUT2D eigenvalue weighted by atomic mass is 10.1. The Hall–Kier alpha value is -0.970. The van der Waals surface area contributed by atoms with Crippen LogP contribution in [0.5, 0.6) is 0 Å². The maximum absolute atomic E-state index is 12.6. The summed E-state index contributed by atoms with van der Waals surface area (Å²) in [7, 11) is 0. The number of hydrogen-bond donors (Lipinski definition) is 1. The Morgan fingerprint density at radius 3 is 2.79 bits per heavy atom. The lowest BCUT2D eigenvalue weighted by Gasteiger charge is -2.00. The summed E-state index contributed by atoms with van der Waals surface area (Å²) in [6.45, 7) is 1.79. The van der Waals surface area contributed by atoms with Gasteiger partial charge in [-0.2, -0.15) is 5.10 Å². The van der Waals surface area contributed by atoms with Gasteiger partial charge in [0.25, 0.3) is 6.43 Å². The molecular formula is C9H7BrF2N2. The van der Waals surface area contributed by atoms with Gasteiger partial charge >= 0.3 is 0 Å². The molecule has 0 fully saturated rings. The largest absolute Gasteiger partial charge is 0.280 e. The summed E-state index contributed by atoms with van der Waals surface area (Å²) in [6.07, 6.45) is -2.52. The predicted molar refractivity (Wildman–Crippen MR) is 53.5 cm³/mol. The zero-order valence-corrected chi connectivity index (χ0v) is 8.90. The SMILES string of the molecule is Cc1ccc(Br)c2n[nH]c(C(F)F)c12. The van der Waals surface area contributed by atoms with Crippen LogP contribution in [0.15, 0.2) is 16.6 Å². The smallest absolute Gasteiger partial charge is 0.275 e. The van der Waals surface area contributed by atoms with E-state index in [1.54, 1.807) is 19.1 Å². The molecule has 0 amide bonds. The highest BCUT2D eigenvalue weighted by Gasteiger charge is 2.17. The number of fused-ring (bicyclic) bond motifs is 1. The molecule has 0 aliphatic heterocycles. The topological polar surface area (TPSA) is 28.7 Å². The molecule has 0 aliphatic carbocycles. The number of nitrogens with zero attached hydrogens (tertiary/aromatic N) is 1. The van der Waals surface area contributed by atoms with Gasteiger partial charge in [0.2, 0.25) is 0 Å². The van der Waals surface area contributed by atoms with Gasteiger partial charge in [-0.3, -0.25) is 5.10 Å². The average molecular weight is 261 g/mol. The summed E-state index contributed by atoms with van der Waals surface area (Å²) in [5, 5.41) is 6.72. The highest BCUT2D eigenvalue weighted by atomic mass is 79.9. The third-order valence-electron chi connectivity index (χ3n) is 2.11. The van der Waals surface area contributed by atoms with Crippen LogP contribution in [0, 0.1) is 6.92 Å². The molecule has 0 saturated carbocycles. The number of halogens is 3. The fourth-order valence-corrected chi connectivity index (χ4v) is 1.86. The second-order valence-corrected chi connectivity index (χ2v) is 3.88. The van der Waals surface area contributed by atoms with E-state index < -0.39 is 6.43 Å². The van der Waals surface area contributed by atoms with E-state index in [0.29, 0.717) is 10.9 Å². The van der Waals surface area contributed by atoms with E-state index in [1.165, 1.54) is 0 Å². The first kappa shape index (κ1) is 9.58. The van der Waals surface area contributed by atoms with Crippen LogP contribution in [0.25, 0.3) is 10.9 Å². The molecule has 5 heteroatoms. The second-order valence-electron chi connectivity index (χ2n) is 3.03. The third-order valence-corrected chi connectivity index (χ3v) is 2.75. The maximum Gasteiger partial charge on any atom is 0.280 e. The number of aryl methyl sites for hydroxylation is 1. The molecule has 1 heterocycles. The summed E-state index contributed by atoms with van der Waals surface area (Å²) in [5.41, 5.74) is 1.24. The first-order valence-electron chi connectivity index (χ1n) is 4.02. The van der Waals surface area contributed by atoms with Crippen molar-refractivity contribution in [1.29, 1.82) is 0 Å². The lowest BCUT2D eigenvalue weighted by Crippen LogP contribution is -1.86. The first-order chi connectivity index (χ1) is 6.61. The van der Waals surface area contributed by atoms with Crippen molar-refractivity contribution in [3.8, 4) is 0 Å². The molecular weight excluding hydrogens is 254 g/mol. The molecule has 74 valence electrons. The Balaban J connectivity index is 2.84. The van der Waals surface area contributed by atoms with Gasteiger partial charge in [0.05, 0.1) is 0 Å². The highest BCUT2D eigenvalue weighted by molar-refractivity contribution is 9.10. The molecule has 0 unspecified atom stereocenters. The number of H-pyrrole nitrogens is 1. The maximum atomic E-state index is 12.6. The zero-order valence-electron chi connectivity index (χ0n) is 7.31. The quantitative estimate of drug-likeness (QED) is 0.835. The van der Waals surface area contributed by atoms with Gasteiger partial charge in [0.1, 0.15) is 11.2 Å². The lowest BCUT2D eigenvalue weighted by molar-refractivity contribution is 0.147.